The highest BCUT2D eigenvalue weighted by molar-refractivity contribution is 5.26. The largest absolute Gasteiger partial charge is 0.231 e. The van der Waals surface area contributed by atoms with Gasteiger partial charge in [-0.05, 0) is 0 Å². The van der Waals surface area contributed by atoms with E-state index in [1.165, 1.54) is 0 Å². The van der Waals surface area contributed by atoms with Crippen LogP contribution in [0.2, 0.25) is 0 Å². The monoisotopic (exact) mass is 429 g/mol. The fourth-order valence-electron chi connectivity index (χ4n) is 0. The molecule has 0 radical (unpaired) electrons. The standard InChI is InChI=1S/4CHNO.16CH4/c4*2-1-3;;;;;;;;;;;;;;;;/h4*2H;16*1H4. The van der Waals surface area contributed by atoms with E-state index in [-0.39, 0.29) is 119 Å². The Bertz CT molecular complexity index is 164. The van der Waals surface area contributed by atoms with Gasteiger partial charge in [-0.1, -0.05) is 119 Å². The summed E-state index contributed by atoms with van der Waals surface area (Å²) < 4.78 is 0. The van der Waals surface area contributed by atoms with Crippen molar-refractivity contribution < 1.29 is 19.2 Å². The quantitative estimate of drug-likeness (QED) is 0.223. The Morgan fingerprint density at radius 1 is 0.250 bits per heavy atom. The van der Waals surface area contributed by atoms with Crippen LogP contribution < -0.4 is 0 Å². The van der Waals surface area contributed by atoms with Gasteiger partial charge >= 0.3 is 0 Å². The summed E-state index contributed by atoms with van der Waals surface area (Å²) in [5, 5.41) is 21.6. The summed E-state index contributed by atoms with van der Waals surface area (Å²) in [7, 11) is 0. The van der Waals surface area contributed by atoms with Gasteiger partial charge in [0.1, 0.15) is 0 Å². The van der Waals surface area contributed by atoms with Crippen LogP contribution in [0.1, 0.15) is 119 Å². The van der Waals surface area contributed by atoms with Gasteiger partial charge < -0.3 is 0 Å². The first-order valence-corrected chi connectivity index (χ1v) is 1.82. The zero-order valence-electron chi connectivity index (χ0n) is 5.63. The normalized spacial score (nSPS) is 1.14. The molecule has 8 nitrogen and oxygen atoms in total. The van der Waals surface area contributed by atoms with Gasteiger partial charge in [0.2, 0.25) is 24.3 Å². The molecule has 0 aliphatic heterocycles. The lowest BCUT2D eigenvalue weighted by molar-refractivity contribution is 0.562. The lowest BCUT2D eigenvalue weighted by Gasteiger charge is -1.02. The van der Waals surface area contributed by atoms with Gasteiger partial charge in [-0.25, -0.2) is 40.8 Å². The Kier molecular flexibility index (Phi) is 106000. The van der Waals surface area contributed by atoms with Crippen LogP contribution in [-0.4, -0.2) is 24.3 Å². The molecule has 4 N–H and O–H groups in total. The van der Waals surface area contributed by atoms with E-state index in [1.807, 2.05) is 0 Å². The fraction of sp³-hybridized carbons (Fsp3) is 0.800. The third kappa shape index (κ3) is 1940. The van der Waals surface area contributed by atoms with Gasteiger partial charge in [-0.2, -0.15) is 0 Å². The Balaban J connectivity index is -0.00000000142. The first-order valence-electron chi connectivity index (χ1n) is 1.82. The summed E-state index contributed by atoms with van der Waals surface area (Å²) in [6.45, 7) is 0. The third-order valence-corrected chi connectivity index (χ3v) is 0. The molecule has 0 aliphatic rings. The minimum Gasteiger partial charge on any atom is -0.222 e. The van der Waals surface area contributed by atoms with Crippen molar-refractivity contribution in [3.63, 3.8) is 0 Å². The topological polar surface area (TPSA) is 164 Å². The summed E-state index contributed by atoms with van der Waals surface area (Å²) >= 11 is 0. The minimum atomic E-state index is 0. The van der Waals surface area contributed by atoms with Crippen LogP contribution >= 0.6 is 0 Å². The van der Waals surface area contributed by atoms with Crippen LogP contribution in [0, 0.1) is 21.6 Å². The van der Waals surface area contributed by atoms with Crippen molar-refractivity contribution >= 4 is 24.3 Å². The van der Waals surface area contributed by atoms with Crippen LogP contribution in [0.5, 0.6) is 0 Å². The number of carbonyl (C=O) groups excluding carboxylic acids is 4. The van der Waals surface area contributed by atoms with Crippen molar-refractivity contribution in [1.29, 1.82) is 21.6 Å². The molecule has 0 spiro atoms. The maximum Gasteiger partial charge on any atom is 0.231 e. The molecule has 0 heterocycles. The highest BCUT2D eigenvalue weighted by Crippen LogP contribution is 0.877. The van der Waals surface area contributed by atoms with Crippen molar-refractivity contribution in [3.8, 4) is 0 Å². The number of rotatable bonds is 0. The van der Waals surface area contributed by atoms with Crippen LogP contribution in [0.3, 0.4) is 0 Å². The molecule has 0 saturated carbocycles. The van der Waals surface area contributed by atoms with Crippen LogP contribution in [0.4, 0.5) is 0 Å². The van der Waals surface area contributed by atoms with Gasteiger partial charge in [0, 0.05) is 0 Å². The molecule has 0 bridgehead atoms. The number of isocyanates is 4. The molecule has 0 rings (SSSR count). The van der Waals surface area contributed by atoms with Gasteiger partial charge in [-0.15, -0.1) is 0 Å². The number of hydrogen-bond acceptors (Lipinski definition) is 8. The lowest BCUT2D eigenvalue weighted by atomic mass is 11.7. The Hall–Kier alpha value is -2.48. The highest BCUT2D eigenvalue weighted by atomic mass is 16.1. The summed E-state index contributed by atoms with van der Waals surface area (Å²) in [5.74, 6) is 0. The van der Waals surface area contributed by atoms with E-state index in [2.05, 4.69) is 0 Å². The second-order valence-electron chi connectivity index (χ2n) is 0.408. The zero-order chi connectivity index (χ0) is 10.8. The summed E-state index contributed by atoms with van der Waals surface area (Å²) in [5.41, 5.74) is 0. The molecular formula is C20H68N4O4. The lowest BCUT2D eigenvalue weighted by Crippen LogP contribution is -1.16. The molecular weight excluding hydrogens is 360 g/mol. The summed E-state index contributed by atoms with van der Waals surface area (Å²) in [6.07, 6.45) is 3.00. The summed E-state index contributed by atoms with van der Waals surface area (Å²) in [6, 6.07) is 0. The van der Waals surface area contributed by atoms with Crippen molar-refractivity contribution in [1.82, 2.24) is 0 Å². The Labute approximate surface area is 184 Å². The van der Waals surface area contributed by atoms with Gasteiger partial charge in [0.15, 0.2) is 0 Å². The van der Waals surface area contributed by atoms with E-state index in [0.29, 0.717) is 0 Å². The molecule has 0 aromatic rings. The fourth-order valence-corrected chi connectivity index (χ4v) is 0. The maximum atomic E-state index is 8.35. The van der Waals surface area contributed by atoms with E-state index in [0.717, 1.165) is 24.3 Å². The molecule has 8 heteroatoms. The first-order chi connectivity index (χ1) is 5.66. The SMILES string of the molecule is C.C.C.C.C.C.C.C.C.C.C.C.C.C.C.C.N=C=O.N=C=O.N=C=O.N=C=O. The second-order valence-corrected chi connectivity index (χ2v) is 0.408. The predicted octanol–water partition coefficient (Wildman–Crippen LogP) is 9.78. The Morgan fingerprint density at radius 3 is 0.250 bits per heavy atom. The third-order valence-electron chi connectivity index (χ3n) is 0. The smallest absolute Gasteiger partial charge is 0.222 e. The van der Waals surface area contributed by atoms with Crippen LogP contribution in [-0.2, 0) is 19.2 Å². The zero-order valence-corrected chi connectivity index (χ0v) is 5.63. The Morgan fingerprint density at radius 2 is 0.250 bits per heavy atom. The molecule has 0 saturated heterocycles. The van der Waals surface area contributed by atoms with E-state index in [1.54, 1.807) is 0 Å². The molecule has 0 atom stereocenters. The molecule has 0 fully saturated rings. The van der Waals surface area contributed by atoms with Crippen molar-refractivity contribution in [2.24, 2.45) is 0 Å². The molecule has 28 heavy (non-hydrogen) atoms. The van der Waals surface area contributed by atoms with Crippen molar-refractivity contribution in [2.45, 2.75) is 119 Å². The van der Waals surface area contributed by atoms with E-state index < -0.39 is 0 Å². The van der Waals surface area contributed by atoms with Gasteiger partial charge in [0.05, 0.1) is 0 Å². The predicted molar refractivity (Wildman–Crippen MR) is 141 cm³/mol. The minimum absolute atomic E-state index is 0. The average molecular weight is 429 g/mol. The first kappa shape index (κ1) is 504. The maximum absolute atomic E-state index is 8.35. The average Bonchev–Trinajstić information content (AvgIpc) is 1.92. The van der Waals surface area contributed by atoms with Gasteiger partial charge in [-0.3, -0.25) is 0 Å². The molecule has 0 unspecified atom stereocenters. The van der Waals surface area contributed by atoms with E-state index in [9.17, 15) is 0 Å². The highest BCUT2D eigenvalue weighted by Gasteiger charge is 1.04. The summed E-state index contributed by atoms with van der Waals surface area (Å²) in [4.78, 5) is 33.4. The number of hydrogen-bond donors (Lipinski definition) is 4. The van der Waals surface area contributed by atoms with Gasteiger partial charge in [0.25, 0.3) is 0 Å². The van der Waals surface area contributed by atoms with Crippen molar-refractivity contribution in [3.05, 3.63) is 0 Å². The second kappa shape index (κ2) is 5870. The number of nitrogens with one attached hydrogen (secondary N) is 4. The van der Waals surface area contributed by atoms with E-state index in [4.69, 9.17) is 40.8 Å². The van der Waals surface area contributed by atoms with Crippen molar-refractivity contribution in [2.75, 3.05) is 0 Å². The van der Waals surface area contributed by atoms with E-state index >= 15 is 0 Å². The molecule has 192 valence electrons. The molecule has 0 aromatic carbocycles. The van der Waals surface area contributed by atoms with Crippen LogP contribution in [0.15, 0.2) is 0 Å². The molecule has 0 aromatic heterocycles. The molecule has 0 amide bonds. The molecule has 0 aliphatic carbocycles. The van der Waals surface area contributed by atoms with Crippen LogP contribution in [0.25, 0.3) is 0 Å².